The van der Waals surface area contributed by atoms with Crippen LogP contribution in [0.5, 0.6) is 0 Å². The first-order chi connectivity index (χ1) is 13.4. The zero-order valence-corrected chi connectivity index (χ0v) is 16.6. The van der Waals surface area contributed by atoms with Crippen LogP contribution in [-0.2, 0) is 33.8 Å². The van der Waals surface area contributed by atoms with E-state index >= 15 is 0 Å². The molecule has 1 aromatic carbocycles. The van der Waals surface area contributed by atoms with E-state index in [-0.39, 0.29) is 17.2 Å². The maximum atomic E-state index is 12.7. The number of nitrogens with zero attached hydrogens (tertiary/aromatic N) is 1. The first-order valence-electron chi connectivity index (χ1n) is 9.13. The Labute approximate surface area is 168 Å². The summed E-state index contributed by atoms with van der Waals surface area (Å²) in [6.07, 6.45) is 2.64. The van der Waals surface area contributed by atoms with E-state index in [1.165, 1.54) is 14.0 Å². The van der Waals surface area contributed by atoms with Gasteiger partial charge in [0.2, 0.25) is 0 Å². The van der Waals surface area contributed by atoms with Crippen molar-refractivity contribution in [1.29, 1.82) is 0 Å². The normalized spacial score (nSPS) is 13.2. The lowest BCUT2D eigenvalue weighted by Gasteiger charge is -2.18. The highest BCUT2D eigenvalue weighted by molar-refractivity contribution is 6.30. The number of hydrogen-bond acceptors (Lipinski definition) is 5. The molecule has 0 unspecified atom stereocenters. The van der Waals surface area contributed by atoms with Crippen LogP contribution in [-0.4, -0.2) is 23.6 Å². The average Bonchev–Trinajstić information content (AvgIpc) is 3.52. The van der Waals surface area contributed by atoms with Gasteiger partial charge >= 0.3 is 11.9 Å². The second-order valence-corrected chi connectivity index (χ2v) is 7.25. The van der Waals surface area contributed by atoms with Crippen LogP contribution in [0.4, 0.5) is 0 Å². The van der Waals surface area contributed by atoms with Gasteiger partial charge in [0.05, 0.1) is 18.4 Å². The van der Waals surface area contributed by atoms with Gasteiger partial charge in [0.1, 0.15) is 11.6 Å². The monoisotopic (exact) mass is 403 g/mol. The second-order valence-electron chi connectivity index (χ2n) is 6.84. The van der Waals surface area contributed by atoms with Crippen LogP contribution < -0.4 is 5.56 Å². The van der Waals surface area contributed by atoms with Crippen LogP contribution in [0.3, 0.4) is 0 Å². The highest BCUT2D eigenvalue weighted by Crippen LogP contribution is 2.42. The van der Waals surface area contributed by atoms with Crippen molar-refractivity contribution in [2.75, 3.05) is 7.11 Å². The lowest BCUT2D eigenvalue weighted by molar-refractivity contribution is -0.142. The quantitative estimate of drug-likeness (QED) is 0.662. The number of aryl methyl sites for hydroxylation is 1. The molecule has 7 heteroatoms. The molecule has 0 N–H and O–H groups in total. The van der Waals surface area contributed by atoms with Crippen LogP contribution in [0.15, 0.2) is 35.1 Å². The first-order valence-corrected chi connectivity index (χ1v) is 9.51. The molecule has 0 radical (unpaired) electrons. The van der Waals surface area contributed by atoms with Gasteiger partial charge in [-0.1, -0.05) is 23.7 Å². The Balaban J connectivity index is 1.86. The zero-order chi connectivity index (χ0) is 20.3. The number of esters is 2. The van der Waals surface area contributed by atoms with Crippen molar-refractivity contribution in [3.05, 3.63) is 68.1 Å². The number of pyridine rings is 1. The fourth-order valence-electron chi connectivity index (χ4n) is 3.17. The largest absolute Gasteiger partial charge is 0.465 e. The molecule has 1 aliphatic rings. The van der Waals surface area contributed by atoms with Gasteiger partial charge < -0.3 is 14.0 Å². The molecule has 3 rings (SSSR count). The number of carbonyl (C=O) groups excluding carboxylic acids is 2. The molecule has 28 heavy (non-hydrogen) atoms. The molecule has 148 valence electrons. The Hall–Kier alpha value is -2.60. The van der Waals surface area contributed by atoms with Crippen molar-refractivity contribution in [2.24, 2.45) is 0 Å². The van der Waals surface area contributed by atoms with Crippen LogP contribution in [0, 0.1) is 0 Å². The molecule has 1 heterocycles. The van der Waals surface area contributed by atoms with Gasteiger partial charge in [0, 0.05) is 13.5 Å². The van der Waals surface area contributed by atoms with Gasteiger partial charge in [-0.3, -0.25) is 9.59 Å². The molecule has 0 amide bonds. The fourth-order valence-corrected chi connectivity index (χ4v) is 3.39. The molecule has 1 saturated carbocycles. The maximum Gasteiger partial charge on any atom is 0.337 e. The van der Waals surface area contributed by atoms with E-state index in [2.05, 4.69) is 0 Å². The summed E-state index contributed by atoms with van der Waals surface area (Å²) in [5, 5.41) is 0.175. The predicted octanol–water partition coefficient (Wildman–Crippen LogP) is 3.47. The molecular formula is C21H22ClNO5. The molecule has 0 saturated heterocycles. The molecule has 6 nitrogen and oxygen atoms in total. The predicted molar refractivity (Wildman–Crippen MR) is 105 cm³/mol. The molecule has 2 aromatic rings. The average molecular weight is 404 g/mol. The minimum absolute atomic E-state index is 0.0505. The Bertz CT molecular complexity index is 945. The number of ether oxygens (including phenoxy) is 2. The smallest absolute Gasteiger partial charge is 0.337 e. The second kappa shape index (κ2) is 8.61. The molecular weight excluding hydrogens is 382 g/mol. The number of rotatable bonds is 7. The van der Waals surface area contributed by atoms with Gasteiger partial charge in [-0.2, -0.15) is 0 Å². The summed E-state index contributed by atoms with van der Waals surface area (Å²) in [5.74, 6) is -0.432. The van der Waals surface area contributed by atoms with Crippen molar-refractivity contribution in [3.63, 3.8) is 0 Å². The fraction of sp³-hybridized carbons (Fsp3) is 0.381. The van der Waals surface area contributed by atoms with Gasteiger partial charge in [0.25, 0.3) is 5.56 Å². The molecule has 0 bridgehead atoms. The molecule has 1 aromatic heterocycles. The SMILES string of the molecule is COC(=O)c1ccc(CCn2c(COC(C)=O)c(C3CC3)cc(Cl)c2=O)cc1. The number of halogens is 1. The van der Waals surface area contributed by atoms with Crippen LogP contribution in [0.2, 0.25) is 5.02 Å². The number of hydrogen-bond donors (Lipinski definition) is 0. The van der Waals surface area contributed by atoms with E-state index < -0.39 is 11.9 Å². The molecule has 0 aliphatic heterocycles. The molecule has 1 aliphatic carbocycles. The van der Waals surface area contributed by atoms with E-state index in [0.29, 0.717) is 30.1 Å². The minimum Gasteiger partial charge on any atom is -0.465 e. The third-order valence-corrected chi connectivity index (χ3v) is 5.09. The Kier molecular flexibility index (Phi) is 6.19. The van der Waals surface area contributed by atoms with Crippen molar-refractivity contribution < 1.29 is 19.1 Å². The summed E-state index contributed by atoms with van der Waals surface area (Å²) in [7, 11) is 1.34. The Morgan fingerprint density at radius 1 is 1.21 bits per heavy atom. The van der Waals surface area contributed by atoms with Crippen LogP contribution in [0.25, 0.3) is 0 Å². The van der Waals surface area contributed by atoms with Crippen molar-refractivity contribution in [3.8, 4) is 0 Å². The summed E-state index contributed by atoms with van der Waals surface area (Å²) in [4.78, 5) is 35.5. The summed E-state index contributed by atoms with van der Waals surface area (Å²) in [6.45, 7) is 1.79. The summed E-state index contributed by atoms with van der Waals surface area (Å²) >= 11 is 6.19. The van der Waals surface area contributed by atoms with E-state index in [1.807, 2.05) is 12.1 Å². The third kappa shape index (κ3) is 4.62. The van der Waals surface area contributed by atoms with E-state index in [1.54, 1.807) is 22.8 Å². The van der Waals surface area contributed by atoms with Gasteiger partial charge in [0.15, 0.2) is 0 Å². The zero-order valence-electron chi connectivity index (χ0n) is 15.9. The highest BCUT2D eigenvalue weighted by atomic mass is 35.5. The van der Waals surface area contributed by atoms with E-state index in [9.17, 15) is 14.4 Å². The summed E-state index contributed by atoms with van der Waals surface area (Å²) in [6, 6.07) is 8.75. The topological polar surface area (TPSA) is 74.6 Å². The highest BCUT2D eigenvalue weighted by Gasteiger charge is 2.29. The first kappa shape index (κ1) is 20.1. The van der Waals surface area contributed by atoms with Crippen molar-refractivity contribution in [1.82, 2.24) is 4.57 Å². The van der Waals surface area contributed by atoms with E-state index in [4.69, 9.17) is 21.1 Å². The summed E-state index contributed by atoms with van der Waals surface area (Å²) in [5.41, 5.74) is 2.83. The number of aromatic nitrogens is 1. The third-order valence-electron chi connectivity index (χ3n) is 4.82. The molecule has 0 spiro atoms. The maximum absolute atomic E-state index is 12.7. The van der Waals surface area contributed by atoms with Crippen molar-refractivity contribution in [2.45, 2.75) is 45.3 Å². The lowest BCUT2D eigenvalue weighted by atomic mass is 10.1. The lowest BCUT2D eigenvalue weighted by Crippen LogP contribution is -2.27. The van der Waals surface area contributed by atoms with Gasteiger partial charge in [-0.15, -0.1) is 0 Å². The summed E-state index contributed by atoms with van der Waals surface area (Å²) < 4.78 is 11.5. The minimum atomic E-state index is -0.394. The number of carbonyl (C=O) groups is 2. The van der Waals surface area contributed by atoms with E-state index in [0.717, 1.165) is 24.0 Å². The molecule has 0 atom stereocenters. The van der Waals surface area contributed by atoms with Crippen molar-refractivity contribution >= 4 is 23.5 Å². The van der Waals surface area contributed by atoms with Crippen LogP contribution >= 0.6 is 11.6 Å². The van der Waals surface area contributed by atoms with Gasteiger partial charge in [-0.25, -0.2) is 4.79 Å². The Morgan fingerprint density at radius 3 is 2.46 bits per heavy atom. The van der Waals surface area contributed by atoms with Gasteiger partial charge in [-0.05, 0) is 54.5 Å². The number of benzene rings is 1. The standard InChI is InChI=1S/C21H22ClNO5/c1-13(24)28-12-19-17(15-7-8-15)11-18(22)20(25)23(19)10-9-14-3-5-16(6-4-14)21(26)27-2/h3-6,11,15H,7-10,12H2,1-2H3. The Morgan fingerprint density at radius 2 is 1.89 bits per heavy atom. The van der Waals surface area contributed by atoms with Crippen LogP contribution in [0.1, 0.15) is 52.9 Å². The number of methoxy groups -OCH3 is 1. The molecule has 1 fully saturated rings.